The molecule has 3 heteroatoms. The van der Waals surface area contributed by atoms with Gasteiger partial charge < -0.3 is 14.6 Å². The van der Waals surface area contributed by atoms with E-state index >= 15 is 0 Å². The molecule has 2 aromatic carbocycles. The summed E-state index contributed by atoms with van der Waals surface area (Å²) in [5, 5.41) is 9.22. The molecule has 0 heterocycles. The number of ether oxygens (including phenoxy) is 2. The summed E-state index contributed by atoms with van der Waals surface area (Å²) < 4.78 is 11.4. The summed E-state index contributed by atoms with van der Waals surface area (Å²) >= 11 is 0. The van der Waals surface area contributed by atoms with Crippen LogP contribution in [0, 0.1) is 13.8 Å². The molecule has 0 amide bonds. The Hall–Kier alpha value is -2.00. The standard InChI is InChI=1S/C18H22O3/c1-14-10-15(2)12-17(11-14)20-8-5-9-21-18-7-4-3-6-16(18)13-19/h3-4,6-7,10-12,19H,5,8-9,13H2,1-2H3. The van der Waals surface area contributed by atoms with Crippen LogP contribution in [-0.2, 0) is 6.61 Å². The Morgan fingerprint density at radius 2 is 1.57 bits per heavy atom. The Morgan fingerprint density at radius 1 is 0.905 bits per heavy atom. The molecule has 0 radical (unpaired) electrons. The molecule has 0 saturated carbocycles. The minimum Gasteiger partial charge on any atom is -0.493 e. The predicted octanol–water partition coefficient (Wildman–Crippen LogP) is 3.64. The number of benzene rings is 2. The molecule has 2 aromatic rings. The first-order valence-corrected chi connectivity index (χ1v) is 7.21. The number of aliphatic hydroxyl groups excluding tert-OH is 1. The maximum Gasteiger partial charge on any atom is 0.124 e. The van der Waals surface area contributed by atoms with E-state index in [-0.39, 0.29) is 6.61 Å². The summed E-state index contributed by atoms with van der Waals surface area (Å²) in [6.07, 6.45) is 0.798. The maximum absolute atomic E-state index is 9.22. The molecule has 0 spiro atoms. The second kappa shape index (κ2) is 7.70. The van der Waals surface area contributed by atoms with Gasteiger partial charge in [-0.1, -0.05) is 24.3 Å². The predicted molar refractivity (Wildman–Crippen MR) is 83.9 cm³/mol. The maximum atomic E-state index is 9.22. The van der Waals surface area contributed by atoms with Crippen LogP contribution in [0.5, 0.6) is 11.5 Å². The summed E-state index contributed by atoms with van der Waals surface area (Å²) in [5.74, 6) is 1.65. The van der Waals surface area contributed by atoms with Crippen molar-refractivity contribution >= 4 is 0 Å². The number of hydrogen-bond acceptors (Lipinski definition) is 3. The third kappa shape index (κ3) is 4.80. The Balaban J connectivity index is 1.75. The van der Waals surface area contributed by atoms with Crippen LogP contribution in [0.15, 0.2) is 42.5 Å². The first kappa shape index (κ1) is 15.4. The van der Waals surface area contributed by atoms with Gasteiger partial charge in [-0.15, -0.1) is 0 Å². The average molecular weight is 286 g/mol. The van der Waals surface area contributed by atoms with E-state index in [2.05, 4.69) is 19.9 Å². The summed E-state index contributed by atoms with van der Waals surface area (Å²) in [5.41, 5.74) is 3.23. The SMILES string of the molecule is Cc1cc(C)cc(OCCCOc2ccccc2CO)c1. The molecule has 0 saturated heterocycles. The summed E-state index contributed by atoms with van der Waals surface area (Å²) in [6, 6.07) is 13.7. The van der Waals surface area contributed by atoms with Crippen molar-refractivity contribution in [1.29, 1.82) is 0 Å². The molecule has 0 aliphatic rings. The van der Waals surface area contributed by atoms with Crippen LogP contribution < -0.4 is 9.47 Å². The molecular weight excluding hydrogens is 264 g/mol. The van der Waals surface area contributed by atoms with Gasteiger partial charge in [0.05, 0.1) is 19.8 Å². The lowest BCUT2D eigenvalue weighted by molar-refractivity contribution is 0.236. The minimum absolute atomic E-state index is 0.00472. The lowest BCUT2D eigenvalue weighted by atomic mass is 10.1. The van der Waals surface area contributed by atoms with Gasteiger partial charge in [-0.25, -0.2) is 0 Å². The molecular formula is C18H22O3. The third-order valence-corrected chi connectivity index (χ3v) is 3.15. The number of rotatable bonds is 7. The Morgan fingerprint density at radius 3 is 2.29 bits per heavy atom. The molecule has 0 aliphatic carbocycles. The van der Waals surface area contributed by atoms with Gasteiger partial charge >= 0.3 is 0 Å². The zero-order chi connectivity index (χ0) is 15.1. The highest BCUT2D eigenvalue weighted by Crippen LogP contribution is 2.18. The largest absolute Gasteiger partial charge is 0.493 e. The molecule has 112 valence electrons. The van der Waals surface area contributed by atoms with Crippen LogP contribution in [-0.4, -0.2) is 18.3 Å². The van der Waals surface area contributed by atoms with Crippen molar-refractivity contribution in [1.82, 2.24) is 0 Å². The quantitative estimate of drug-likeness (QED) is 0.790. The van der Waals surface area contributed by atoms with Gasteiger partial charge in [-0.2, -0.15) is 0 Å². The number of aryl methyl sites for hydroxylation is 2. The highest BCUT2D eigenvalue weighted by Gasteiger charge is 2.01. The van der Waals surface area contributed by atoms with Crippen molar-refractivity contribution < 1.29 is 14.6 Å². The van der Waals surface area contributed by atoms with Gasteiger partial charge in [0.2, 0.25) is 0 Å². The van der Waals surface area contributed by atoms with Crippen molar-refractivity contribution in [2.75, 3.05) is 13.2 Å². The summed E-state index contributed by atoms with van der Waals surface area (Å²) in [4.78, 5) is 0. The second-order valence-electron chi connectivity index (χ2n) is 5.14. The second-order valence-corrected chi connectivity index (χ2v) is 5.14. The molecule has 0 aliphatic heterocycles. The van der Waals surface area contributed by atoms with Gasteiger partial charge in [0.25, 0.3) is 0 Å². The van der Waals surface area contributed by atoms with Gasteiger partial charge in [0.1, 0.15) is 11.5 Å². The molecule has 1 N–H and O–H groups in total. The molecule has 0 fully saturated rings. The smallest absolute Gasteiger partial charge is 0.124 e. The zero-order valence-electron chi connectivity index (χ0n) is 12.6. The van der Waals surface area contributed by atoms with Gasteiger partial charge in [-0.05, 0) is 43.2 Å². The molecule has 0 unspecified atom stereocenters. The van der Waals surface area contributed by atoms with Crippen LogP contribution >= 0.6 is 0 Å². The van der Waals surface area contributed by atoms with E-state index in [0.717, 1.165) is 23.5 Å². The lowest BCUT2D eigenvalue weighted by Gasteiger charge is -2.11. The van der Waals surface area contributed by atoms with Gasteiger partial charge in [0, 0.05) is 12.0 Å². The van der Waals surface area contributed by atoms with Gasteiger partial charge in [-0.3, -0.25) is 0 Å². The highest BCUT2D eigenvalue weighted by molar-refractivity contribution is 5.33. The molecule has 3 nitrogen and oxygen atoms in total. The fraction of sp³-hybridized carbons (Fsp3) is 0.333. The number of para-hydroxylation sites is 1. The monoisotopic (exact) mass is 286 g/mol. The first-order valence-electron chi connectivity index (χ1n) is 7.21. The van der Waals surface area contributed by atoms with Crippen LogP contribution in [0.3, 0.4) is 0 Å². The van der Waals surface area contributed by atoms with Crippen molar-refractivity contribution in [2.45, 2.75) is 26.9 Å². The van der Waals surface area contributed by atoms with Crippen LogP contribution in [0.25, 0.3) is 0 Å². The van der Waals surface area contributed by atoms with E-state index in [1.807, 2.05) is 36.4 Å². The number of hydrogen-bond donors (Lipinski definition) is 1. The van der Waals surface area contributed by atoms with Crippen LogP contribution in [0.2, 0.25) is 0 Å². The van der Waals surface area contributed by atoms with Crippen LogP contribution in [0.1, 0.15) is 23.1 Å². The first-order chi connectivity index (χ1) is 10.2. The van der Waals surface area contributed by atoms with E-state index in [4.69, 9.17) is 9.47 Å². The zero-order valence-corrected chi connectivity index (χ0v) is 12.6. The Kier molecular flexibility index (Phi) is 5.64. The fourth-order valence-corrected chi connectivity index (χ4v) is 2.22. The topological polar surface area (TPSA) is 38.7 Å². The van der Waals surface area contributed by atoms with Crippen molar-refractivity contribution in [3.05, 3.63) is 59.2 Å². The van der Waals surface area contributed by atoms with Gasteiger partial charge in [0.15, 0.2) is 0 Å². The summed E-state index contributed by atoms with van der Waals surface area (Å²) in [7, 11) is 0. The van der Waals surface area contributed by atoms with Crippen molar-refractivity contribution in [3.8, 4) is 11.5 Å². The minimum atomic E-state index is -0.00472. The fourth-order valence-electron chi connectivity index (χ4n) is 2.22. The van der Waals surface area contributed by atoms with E-state index in [9.17, 15) is 5.11 Å². The Bertz CT molecular complexity index is 558. The van der Waals surface area contributed by atoms with E-state index < -0.39 is 0 Å². The lowest BCUT2D eigenvalue weighted by Crippen LogP contribution is -2.06. The molecule has 0 atom stereocenters. The molecule has 21 heavy (non-hydrogen) atoms. The normalized spacial score (nSPS) is 10.4. The van der Waals surface area contributed by atoms with Crippen molar-refractivity contribution in [2.24, 2.45) is 0 Å². The molecule has 0 bridgehead atoms. The van der Waals surface area contributed by atoms with Crippen LogP contribution in [0.4, 0.5) is 0 Å². The molecule has 0 aromatic heterocycles. The van der Waals surface area contributed by atoms with E-state index in [1.165, 1.54) is 11.1 Å². The average Bonchev–Trinajstić information content (AvgIpc) is 2.46. The van der Waals surface area contributed by atoms with Crippen molar-refractivity contribution in [3.63, 3.8) is 0 Å². The highest BCUT2D eigenvalue weighted by atomic mass is 16.5. The van der Waals surface area contributed by atoms with E-state index in [1.54, 1.807) is 0 Å². The number of aliphatic hydroxyl groups is 1. The summed E-state index contributed by atoms with van der Waals surface area (Å²) in [6.45, 7) is 5.31. The molecule has 2 rings (SSSR count). The Labute approximate surface area is 126 Å². The van der Waals surface area contributed by atoms with E-state index in [0.29, 0.717) is 13.2 Å². The third-order valence-electron chi connectivity index (χ3n) is 3.15.